The summed E-state index contributed by atoms with van der Waals surface area (Å²) in [6, 6.07) is 2.89. The molecule has 0 spiro atoms. The molecule has 0 saturated heterocycles. The Morgan fingerprint density at radius 2 is 1.67 bits per heavy atom. The lowest BCUT2D eigenvalue weighted by Crippen LogP contribution is -2.58. The number of aliphatic hydroxyl groups is 1. The Labute approximate surface area is 139 Å². The Hall–Kier alpha value is -0.680. The van der Waals surface area contributed by atoms with Gasteiger partial charge in [-0.1, -0.05) is 34.8 Å². The lowest BCUT2D eigenvalue weighted by atomic mass is 9.86. The van der Waals surface area contributed by atoms with E-state index >= 15 is 0 Å². The average molecular weight is 355 g/mol. The molecule has 1 aromatic carbocycles. The number of nitrogens with one attached hydrogen (secondary N) is 1. The average Bonchev–Trinajstić information content (AvgIpc) is 2.30. The first kappa shape index (κ1) is 18.4. The predicted octanol–water partition coefficient (Wildman–Crippen LogP) is 3.69. The van der Waals surface area contributed by atoms with Crippen molar-refractivity contribution in [1.29, 1.82) is 0 Å². The van der Waals surface area contributed by atoms with Gasteiger partial charge in [0.2, 0.25) is 0 Å². The fourth-order valence-corrected chi connectivity index (χ4v) is 1.89. The van der Waals surface area contributed by atoms with Crippen molar-refractivity contribution in [3.63, 3.8) is 0 Å². The van der Waals surface area contributed by atoms with Crippen molar-refractivity contribution < 1.29 is 14.6 Å². The van der Waals surface area contributed by atoms with Gasteiger partial charge in [-0.15, -0.1) is 0 Å². The van der Waals surface area contributed by atoms with E-state index in [2.05, 4.69) is 5.32 Å². The molecule has 1 rings (SSSR count). The van der Waals surface area contributed by atoms with Gasteiger partial charge in [-0.05, 0) is 33.8 Å². The van der Waals surface area contributed by atoms with E-state index in [9.17, 15) is 9.90 Å². The van der Waals surface area contributed by atoms with Gasteiger partial charge < -0.3 is 15.2 Å². The number of rotatable bonds is 5. The second-order valence-corrected chi connectivity index (χ2v) is 6.94. The van der Waals surface area contributed by atoms with Crippen molar-refractivity contribution in [2.75, 3.05) is 6.61 Å². The molecule has 1 amide bonds. The zero-order valence-corrected chi connectivity index (χ0v) is 14.5. The SMILES string of the molecule is CC(C)(O)C(C)(C)NC(=O)COc1cc(Cl)c(Cl)cc1Cl. The molecule has 0 radical (unpaired) electrons. The summed E-state index contributed by atoms with van der Waals surface area (Å²) >= 11 is 17.6. The lowest BCUT2D eigenvalue weighted by molar-refractivity contribution is -0.128. The second kappa shape index (κ2) is 6.61. The first-order valence-electron chi connectivity index (χ1n) is 6.25. The quantitative estimate of drug-likeness (QED) is 0.793. The molecule has 118 valence electrons. The van der Waals surface area contributed by atoms with E-state index in [1.54, 1.807) is 27.7 Å². The van der Waals surface area contributed by atoms with Gasteiger partial charge >= 0.3 is 0 Å². The molecule has 0 atom stereocenters. The number of carbonyl (C=O) groups excluding carboxylic acids is 1. The van der Waals surface area contributed by atoms with Crippen LogP contribution < -0.4 is 10.1 Å². The summed E-state index contributed by atoms with van der Waals surface area (Å²) in [7, 11) is 0. The first-order valence-corrected chi connectivity index (χ1v) is 7.38. The summed E-state index contributed by atoms with van der Waals surface area (Å²) in [5.41, 5.74) is -1.89. The van der Waals surface area contributed by atoms with E-state index in [4.69, 9.17) is 39.5 Å². The molecular formula is C14H18Cl3NO3. The highest BCUT2D eigenvalue weighted by Crippen LogP contribution is 2.33. The Kier molecular flexibility index (Phi) is 5.78. The van der Waals surface area contributed by atoms with Crippen LogP contribution in [-0.4, -0.2) is 28.8 Å². The van der Waals surface area contributed by atoms with E-state index in [0.717, 1.165) is 0 Å². The minimum absolute atomic E-state index is 0.253. The van der Waals surface area contributed by atoms with E-state index < -0.39 is 11.1 Å². The van der Waals surface area contributed by atoms with Gasteiger partial charge in [-0.2, -0.15) is 0 Å². The molecule has 2 N–H and O–H groups in total. The lowest BCUT2D eigenvalue weighted by Gasteiger charge is -2.37. The molecule has 1 aromatic rings. The minimum atomic E-state index is -1.08. The van der Waals surface area contributed by atoms with Crippen LogP contribution in [0, 0.1) is 0 Å². The predicted molar refractivity (Wildman–Crippen MR) is 85.5 cm³/mol. The number of benzene rings is 1. The molecule has 0 aliphatic heterocycles. The zero-order valence-electron chi connectivity index (χ0n) is 12.3. The first-order chi connectivity index (χ1) is 9.44. The summed E-state index contributed by atoms with van der Waals surface area (Å²) in [4.78, 5) is 11.9. The van der Waals surface area contributed by atoms with E-state index in [1.807, 2.05) is 0 Å². The summed E-state index contributed by atoms with van der Waals surface area (Å²) in [6.45, 7) is 6.42. The third-order valence-electron chi connectivity index (χ3n) is 3.32. The fourth-order valence-electron chi connectivity index (χ4n) is 1.30. The van der Waals surface area contributed by atoms with Crippen LogP contribution in [-0.2, 0) is 4.79 Å². The van der Waals surface area contributed by atoms with E-state index in [-0.39, 0.29) is 28.3 Å². The molecule has 0 bridgehead atoms. The van der Waals surface area contributed by atoms with Crippen molar-refractivity contribution >= 4 is 40.7 Å². The highest BCUT2D eigenvalue weighted by molar-refractivity contribution is 6.43. The largest absolute Gasteiger partial charge is 0.482 e. The standard InChI is InChI=1S/C14H18Cl3NO3/c1-13(2,14(3,4)20)18-12(19)7-21-11-6-9(16)8(15)5-10(11)17/h5-6,20H,7H2,1-4H3,(H,18,19). The van der Waals surface area contributed by atoms with Crippen LogP contribution in [0.25, 0.3) is 0 Å². The maximum absolute atomic E-state index is 11.9. The molecule has 0 heterocycles. The van der Waals surface area contributed by atoms with Gasteiger partial charge in [0, 0.05) is 6.07 Å². The summed E-state index contributed by atoms with van der Waals surface area (Å²) in [6.07, 6.45) is 0. The number of hydrogen-bond donors (Lipinski definition) is 2. The van der Waals surface area contributed by atoms with Crippen LogP contribution in [0.4, 0.5) is 0 Å². The molecule has 0 fully saturated rings. The number of hydrogen-bond acceptors (Lipinski definition) is 3. The Bertz CT molecular complexity index is 539. The van der Waals surface area contributed by atoms with Gasteiger partial charge in [-0.3, -0.25) is 4.79 Å². The maximum atomic E-state index is 11.9. The Morgan fingerprint density at radius 3 is 2.19 bits per heavy atom. The van der Waals surface area contributed by atoms with Crippen molar-refractivity contribution in [1.82, 2.24) is 5.32 Å². The van der Waals surface area contributed by atoms with E-state index in [0.29, 0.717) is 5.02 Å². The molecule has 0 aliphatic carbocycles. The van der Waals surface area contributed by atoms with E-state index in [1.165, 1.54) is 12.1 Å². The molecule has 0 saturated carbocycles. The number of halogens is 3. The van der Waals surface area contributed by atoms with Crippen molar-refractivity contribution in [2.24, 2.45) is 0 Å². The topological polar surface area (TPSA) is 58.6 Å². The van der Waals surface area contributed by atoms with Crippen LogP contribution in [0.1, 0.15) is 27.7 Å². The molecule has 0 aliphatic rings. The Balaban J connectivity index is 2.68. The normalized spacial score (nSPS) is 12.2. The monoisotopic (exact) mass is 353 g/mol. The van der Waals surface area contributed by atoms with Crippen LogP contribution in [0.15, 0.2) is 12.1 Å². The minimum Gasteiger partial charge on any atom is -0.482 e. The summed E-state index contributed by atoms with van der Waals surface area (Å²) < 4.78 is 5.32. The van der Waals surface area contributed by atoms with Gasteiger partial charge in [0.15, 0.2) is 6.61 Å². The maximum Gasteiger partial charge on any atom is 0.258 e. The number of ether oxygens (including phenoxy) is 1. The van der Waals surface area contributed by atoms with Crippen LogP contribution >= 0.6 is 34.8 Å². The van der Waals surface area contributed by atoms with Gasteiger partial charge in [0.1, 0.15) is 5.75 Å². The van der Waals surface area contributed by atoms with Gasteiger partial charge in [0.25, 0.3) is 5.91 Å². The fraction of sp³-hybridized carbons (Fsp3) is 0.500. The number of amides is 1. The van der Waals surface area contributed by atoms with Crippen molar-refractivity contribution in [2.45, 2.75) is 38.8 Å². The molecular weight excluding hydrogens is 337 g/mol. The second-order valence-electron chi connectivity index (χ2n) is 5.72. The smallest absolute Gasteiger partial charge is 0.258 e. The number of carbonyl (C=O) groups is 1. The molecule has 0 aromatic heterocycles. The van der Waals surface area contributed by atoms with Crippen LogP contribution in [0.5, 0.6) is 5.75 Å². The van der Waals surface area contributed by atoms with Gasteiger partial charge in [-0.25, -0.2) is 0 Å². The Morgan fingerprint density at radius 1 is 1.14 bits per heavy atom. The molecule has 4 nitrogen and oxygen atoms in total. The third-order valence-corrected chi connectivity index (χ3v) is 4.33. The molecule has 7 heteroatoms. The molecule has 0 unspecified atom stereocenters. The highest BCUT2D eigenvalue weighted by atomic mass is 35.5. The third kappa shape index (κ3) is 4.92. The van der Waals surface area contributed by atoms with Crippen LogP contribution in [0.2, 0.25) is 15.1 Å². The van der Waals surface area contributed by atoms with Crippen LogP contribution in [0.3, 0.4) is 0 Å². The summed E-state index contributed by atoms with van der Waals surface area (Å²) in [5.74, 6) is -0.119. The van der Waals surface area contributed by atoms with Crippen molar-refractivity contribution in [3.05, 3.63) is 27.2 Å². The highest BCUT2D eigenvalue weighted by Gasteiger charge is 2.36. The molecule has 21 heavy (non-hydrogen) atoms. The summed E-state index contributed by atoms with van der Waals surface area (Å²) in [5, 5.41) is 13.5. The zero-order chi connectivity index (χ0) is 16.4. The van der Waals surface area contributed by atoms with Gasteiger partial charge in [0.05, 0.1) is 26.2 Å². The van der Waals surface area contributed by atoms with Crippen molar-refractivity contribution in [3.8, 4) is 5.75 Å².